The molecule has 1 saturated heterocycles. The van der Waals surface area contributed by atoms with Gasteiger partial charge in [-0.2, -0.15) is 13.2 Å². The van der Waals surface area contributed by atoms with Gasteiger partial charge in [0.25, 0.3) is 11.8 Å². The highest BCUT2D eigenvalue weighted by molar-refractivity contribution is 7.99. The molecular weight excluding hydrogens is 551 g/mol. The van der Waals surface area contributed by atoms with Gasteiger partial charge in [-0.15, -0.1) is 0 Å². The Kier molecular flexibility index (Phi) is 10.4. The number of amides is 2. The molecule has 0 atom stereocenters. The van der Waals surface area contributed by atoms with Crippen LogP contribution < -0.4 is 10.0 Å². The maximum Gasteiger partial charge on any atom is 0.416 e. The highest BCUT2D eigenvalue weighted by atomic mass is 35.5. The molecule has 2 N–H and O–H groups in total. The molecule has 7 nitrogen and oxygen atoms in total. The van der Waals surface area contributed by atoms with Crippen LogP contribution in [0.4, 0.5) is 18.9 Å². The molecule has 1 aliphatic rings. The van der Waals surface area contributed by atoms with Gasteiger partial charge in [0.1, 0.15) is 5.70 Å². The smallest absolute Gasteiger partial charge is 0.390 e. The van der Waals surface area contributed by atoms with Gasteiger partial charge >= 0.3 is 6.18 Å². The van der Waals surface area contributed by atoms with Gasteiger partial charge in [-0.1, -0.05) is 48.7 Å². The summed E-state index contributed by atoms with van der Waals surface area (Å²) < 4.78 is 42.2. The third kappa shape index (κ3) is 7.33. The zero-order chi connectivity index (χ0) is 28.7. The van der Waals surface area contributed by atoms with Crippen LogP contribution in [0.1, 0.15) is 34.8 Å². The summed E-state index contributed by atoms with van der Waals surface area (Å²) in [6, 6.07) is 10.5. The maximum absolute atomic E-state index is 13.7. The van der Waals surface area contributed by atoms with Gasteiger partial charge in [-0.05, 0) is 36.2 Å². The Labute approximate surface area is 236 Å². The average molecular weight is 584 g/mol. The van der Waals surface area contributed by atoms with Gasteiger partial charge in [0.2, 0.25) is 0 Å². The summed E-state index contributed by atoms with van der Waals surface area (Å²) >= 11 is 7.55. The van der Waals surface area contributed by atoms with E-state index in [0.29, 0.717) is 49.4 Å². The second kappa shape index (κ2) is 13.3. The second-order valence-corrected chi connectivity index (χ2v) is 10.0. The normalized spacial score (nSPS) is 14.6. The van der Waals surface area contributed by atoms with Gasteiger partial charge in [-0.25, -0.2) is 0 Å². The number of likely N-dealkylation sites (N-methyl/N-ethyl adjacent to an activating group) is 1. The summed E-state index contributed by atoms with van der Waals surface area (Å²) in [6.07, 6.45) is -2.04. The fourth-order valence-corrected chi connectivity index (χ4v) is 5.09. The molecule has 3 rings (SSSR count). The number of nitrogens with one attached hydrogen (secondary N) is 2. The molecule has 0 unspecified atom stereocenters. The van der Waals surface area contributed by atoms with Crippen molar-refractivity contribution in [1.29, 1.82) is 0 Å². The number of para-hydroxylation sites is 1. The maximum atomic E-state index is 13.7. The van der Waals surface area contributed by atoms with Crippen LogP contribution in [-0.2, 0) is 17.5 Å². The number of carbonyl (C=O) groups excluding carboxylic acids is 2. The lowest BCUT2D eigenvalue weighted by atomic mass is 10.1. The third-order valence-corrected chi connectivity index (χ3v) is 7.31. The number of piperazine rings is 1. The van der Waals surface area contributed by atoms with Crippen LogP contribution in [0.3, 0.4) is 0 Å². The van der Waals surface area contributed by atoms with Crippen LogP contribution in [-0.4, -0.2) is 73.0 Å². The summed E-state index contributed by atoms with van der Waals surface area (Å²) in [5, 5.41) is 3.06. The lowest BCUT2D eigenvalue weighted by Gasteiger charge is -2.38. The first-order valence-corrected chi connectivity index (χ1v) is 14.1. The van der Waals surface area contributed by atoms with E-state index in [1.165, 1.54) is 22.9 Å². The van der Waals surface area contributed by atoms with Crippen molar-refractivity contribution in [3.05, 3.63) is 75.6 Å². The minimum Gasteiger partial charge on any atom is -0.390 e. The van der Waals surface area contributed by atoms with Crippen molar-refractivity contribution in [2.45, 2.75) is 26.1 Å². The van der Waals surface area contributed by atoms with Gasteiger partial charge in [-0.3, -0.25) is 9.59 Å². The standard InChI is InChI=1S/C27H33ClF3N5O2S/c1-5-22(32-2)24(26(38)34(3)17-18-10-11-19(16-21(18)28)27(29,30)31)35-12-14-36(15-13-35)25(37)20-8-6-7-9-23(20)33-39-4/h6-11,16,32-33H,5,12-15,17H2,1-4H3/b24-22+. The van der Waals surface area contributed by atoms with E-state index in [1.807, 2.05) is 36.3 Å². The lowest BCUT2D eigenvalue weighted by Crippen LogP contribution is -2.51. The van der Waals surface area contributed by atoms with Gasteiger partial charge in [0.05, 0.1) is 16.8 Å². The van der Waals surface area contributed by atoms with Gasteiger partial charge in [0.15, 0.2) is 0 Å². The Bertz CT molecular complexity index is 1210. The molecule has 0 spiro atoms. The predicted molar refractivity (Wildman–Crippen MR) is 150 cm³/mol. The number of benzene rings is 2. The topological polar surface area (TPSA) is 67.9 Å². The molecule has 0 aliphatic carbocycles. The Hall–Kier alpha value is -3.05. The highest BCUT2D eigenvalue weighted by Crippen LogP contribution is 2.32. The molecule has 2 amide bonds. The van der Waals surface area contributed by atoms with E-state index in [4.69, 9.17) is 11.6 Å². The summed E-state index contributed by atoms with van der Waals surface area (Å²) in [6.45, 7) is 3.73. The van der Waals surface area contributed by atoms with Crippen LogP contribution in [0.2, 0.25) is 5.02 Å². The monoisotopic (exact) mass is 583 g/mol. The van der Waals surface area contributed by atoms with Crippen molar-refractivity contribution in [3.63, 3.8) is 0 Å². The first kappa shape index (κ1) is 30.5. The molecule has 2 aromatic rings. The number of alkyl halides is 3. The van der Waals surface area contributed by atoms with E-state index >= 15 is 0 Å². The molecule has 0 radical (unpaired) electrons. The van der Waals surface area contributed by atoms with Crippen molar-refractivity contribution in [1.82, 2.24) is 20.0 Å². The number of anilines is 1. The Balaban J connectivity index is 1.76. The second-order valence-electron chi connectivity index (χ2n) is 9.03. The SMILES string of the molecule is CC/C(NC)=C(/C(=O)N(C)Cc1ccc(C(F)(F)F)cc1Cl)N1CCN(C(=O)c2ccccc2NSC)CC1. The largest absolute Gasteiger partial charge is 0.416 e. The number of nitrogens with zero attached hydrogens (tertiary/aromatic N) is 3. The lowest BCUT2D eigenvalue weighted by molar-refractivity contribution is -0.137. The number of hydrogen-bond acceptors (Lipinski definition) is 6. The van der Waals surface area contributed by atoms with Crippen LogP contribution in [0.15, 0.2) is 53.9 Å². The van der Waals surface area contributed by atoms with Crippen LogP contribution >= 0.6 is 23.5 Å². The van der Waals surface area contributed by atoms with E-state index < -0.39 is 11.7 Å². The van der Waals surface area contributed by atoms with Gasteiger partial charge < -0.3 is 24.7 Å². The minimum atomic E-state index is -4.50. The van der Waals surface area contributed by atoms with Crippen LogP contribution in [0.5, 0.6) is 0 Å². The molecule has 12 heteroatoms. The number of allylic oxidation sites excluding steroid dienone is 1. The quantitative estimate of drug-likeness (QED) is 0.308. The van der Waals surface area contributed by atoms with Crippen molar-refractivity contribution >= 4 is 41.1 Å². The molecule has 212 valence electrons. The summed E-state index contributed by atoms with van der Waals surface area (Å²) in [5.74, 6) is -0.367. The zero-order valence-corrected chi connectivity index (χ0v) is 23.9. The molecule has 0 saturated carbocycles. The van der Waals surface area contributed by atoms with Crippen molar-refractivity contribution < 1.29 is 22.8 Å². The number of rotatable bonds is 9. The van der Waals surface area contributed by atoms with E-state index in [1.54, 1.807) is 25.1 Å². The molecule has 1 heterocycles. The molecule has 2 aromatic carbocycles. The van der Waals surface area contributed by atoms with E-state index in [-0.39, 0.29) is 23.4 Å². The molecule has 0 aromatic heterocycles. The van der Waals surface area contributed by atoms with E-state index in [9.17, 15) is 22.8 Å². The number of carbonyl (C=O) groups is 2. The van der Waals surface area contributed by atoms with Crippen molar-refractivity contribution in [2.75, 3.05) is 51.3 Å². The molecular formula is C27H33ClF3N5O2S. The van der Waals surface area contributed by atoms with Crippen LogP contribution in [0.25, 0.3) is 0 Å². The van der Waals surface area contributed by atoms with Crippen molar-refractivity contribution in [2.24, 2.45) is 0 Å². The fraction of sp³-hybridized carbons (Fsp3) is 0.407. The molecule has 1 aliphatic heterocycles. The van der Waals surface area contributed by atoms with Crippen LogP contribution in [0, 0.1) is 0 Å². The van der Waals surface area contributed by atoms with E-state index in [2.05, 4.69) is 10.0 Å². The average Bonchev–Trinajstić information content (AvgIpc) is 2.92. The Morgan fingerprint density at radius 2 is 1.72 bits per heavy atom. The highest BCUT2D eigenvalue weighted by Gasteiger charge is 2.32. The molecule has 39 heavy (non-hydrogen) atoms. The first-order valence-electron chi connectivity index (χ1n) is 12.5. The molecule has 1 fully saturated rings. The zero-order valence-electron chi connectivity index (χ0n) is 22.4. The fourth-order valence-electron chi connectivity index (χ4n) is 4.45. The Morgan fingerprint density at radius 3 is 2.28 bits per heavy atom. The van der Waals surface area contributed by atoms with Gasteiger partial charge in [0, 0.05) is 63.8 Å². The third-order valence-electron chi connectivity index (χ3n) is 6.53. The summed E-state index contributed by atoms with van der Waals surface area (Å²) in [5.41, 5.74) is 2.12. The summed E-state index contributed by atoms with van der Waals surface area (Å²) in [4.78, 5) is 32.1. The Morgan fingerprint density at radius 1 is 1.08 bits per heavy atom. The number of hydrogen-bond donors (Lipinski definition) is 2. The number of halogens is 4. The van der Waals surface area contributed by atoms with Crippen molar-refractivity contribution in [3.8, 4) is 0 Å². The minimum absolute atomic E-state index is 0.0394. The first-order chi connectivity index (χ1) is 18.5. The molecule has 0 bridgehead atoms. The summed E-state index contributed by atoms with van der Waals surface area (Å²) in [7, 11) is 3.34. The predicted octanol–water partition coefficient (Wildman–Crippen LogP) is 5.31. The van der Waals surface area contributed by atoms with E-state index in [0.717, 1.165) is 23.5 Å².